The minimum Gasteiger partial charge on any atom is -0.474 e. The monoisotopic (exact) mass is 351 g/mol. The van der Waals surface area contributed by atoms with Crippen molar-refractivity contribution >= 4 is 16.6 Å². The topological polar surface area (TPSA) is 84.8 Å². The Bertz CT molecular complexity index is 944. The van der Waals surface area contributed by atoms with E-state index in [0.717, 1.165) is 59.5 Å². The van der Waals surface area contributed by atoms with Gasteiger partial charge in [0.2, 0.25) is 5.88 Å². The van der Waals surface area contributed by atoms with Crippen LogP contribution in [0.15, 0.2) is 40.7 Å². The van der Waals surface area contributed by atoms with Crippen molar-refractivity contribution in [3.63, 3.8) is 0 Å². The summed E-state index contributed by atoms with van der Waals surface area (Å²) in [5.41, 5.74) is 4.56. The van der Waals surface area contributed by atoms with Crippen LogP contribution in [-0.4, -0.2) is 41.5 Å². The molecule has 0 amide bonds. The van der Waals surface area contributed by atoms with Crippen molar-refractivity contribution in [1.82, 2.24) is 15.2 Å². The number of aromatic amines is 1. The van der Waals surface area contributed by atoms with E-state index in [1.807, 2.05) is 31.2 Å². The number of benzene rings is 1. The van der Waals surface area contributed by atoms with Crippen LogP contribution in [0.1, 0.15) is 18.4 Å². The molecular weight excluding hydrogens is 330 g/mol. The third kappa shape index (κ3) is 3.17. The van der Waals surface area contributed by atoms with Crippen LogP contribution in [0.25, 0.3) is 22.2 Å². The summed E-state index contributed by atoms with van der Waals surface area (Å²) in [6.07, 6.45) is 3.60. The van der Waals surface area contributed by atoms with Crippen LogP contribution >= 0.6 is 0 Å². The van der Waals surface area contributed by atoms with Crippen molar-refractivity contribution in [3.8, 4) is 17.1 Å². The maximum Gasteiger partial charge on any atom is 0.225 e. The highest BCUT2D eigenvalue weighted by Gasteiger charge is 2.20. The number of azo groups is 1. The minimum atomic E-state index is 0.118. The molecule has 4 rings (SSSR count). The summed E-state index contributed by atoms with van der Waals surface area (Å²) in [5, 5.41) is 16.6. The fourth-order valence-electron chi connectivity index (χ4n) is 3.16. The van der Waals surface area contributed by atoms with Gasteiger partial charge in [-0.3, -0.25) is 5.10 Å². The first-order valence-electron chi connectivity index (χ1n) is 8.74. The molecule has 0 radical (unpaired) electrons. The van der Waals surface area contributed by atoms with Crippen molar-refractivity contribution < 1.29 is 9.47 Å². The number of aromatic nitrogens is 3. The zero-order valence-corrected chi connectivity index (χ0v) is 14.9. The average Bonchev–Trinajstić information content (AvgIpc) is 3.10. The second-order valence-electron chi connectivity index (χ2n) is 6.34. The summed E-state index contributed by atoms with van der Waals surface area (Å²) < 4.78 is 11.6. The van der Waals surface area contributed by atoms with Gasteiger partial charge >= 0.3 is 0 Å². The maximum absolute atomic E-state index is 6.20. The number of fused-ring (bicyclic) bond motifs is 1. The zero-order valence-electron chi connectivity index (χ0n) is 14.9. The molecule has 1 aromatic carbocycles. The Balaban J connectivity index is 1.77. The number of pyridine rings is 1. The first-order valence-corrected chi connectivity index (χ1v) is 8.74. The van der Waals surface area contributed by atoms with Gasteiger partial charge in [-0.05, 0) is 24.6 Å². The number of aryl methyl sites for hydroxylation is 1. The van der Waals surface area contributed by atoms with Crippen LogP contribution in [0.2, 0.25) is 0 Å². The predicted octanol–water partition coefficient (Wildman–Crippen LogP) is 4.20. The van der Waals surface area contributed by atoms with Crippen LogP contribution in [0.5, 0.6) is 5.88 Å². The molecule has 0 unspecified atom stereocenters. The summed E-state index contributed by atoms with van der Waals surface area (Å²) in [7, 11) is 1.67. The Morgan fingerprint density at radius 3 is 2.88 bits per heavy atom. The van der Waals surface area contributed by atoms with Crippen molar-refractivity contribution in [3.05, 3.63) is 36.0 Å². The third-order valence-corrected chi connectivity index (χ3v) is 4.58. The molecule has 1 aliphatic heterocycles. The van der Waals surface area contributed by atoms with Gasteiger partial charge in [0.15, 0.2) is 0 Å². The molecule has 7 nitrogen and oxygen atoms in total. The van der Waals surface area contributed by atoms with Gasteiger partial charge in [-0.25, -0.2) is 4.98 Å². The van der Waals surface area contributed by atoms with Crippen LogP contribution in [0, 0.1) is 6.92 Å². The van der Waals surface area contributed by atoms with E-state index < -0.39 is 0 Å². The summed E-state index contributed by atoms with van der Waals surface area (Å²) >= 11 is 0. The molecule has 2 aromatic heterocycles. The summed E-state index contributed by atoms with van der Waals surface area (Å²) in [5.74, 6) is 0.609. The van der Waals surface area contributed by atoms with Crippen LogP contribution in [0.4, 0.5) is 5.69 Å². The van der Waals surface area contributed by atoms with E-state index in [4.69, 9.17) is 9.47 Å². The molecule has 7 heteroatoms. The molecule has 1 saturated heterocycles. The molecule has 1 aliphatic rings. The molecular formula is C19H21N5O2. The third-order valence-electron chi connectivity index (χ3n) is 4.58. The largest absolute Gasteiger partial charge is 0.474 e. The minimum absolute atomic E-state index is 0.118. The number of hydrogen-bond donors (Lipinski definition) is 1. The molecule has 3 aromatic rings. The van der Waals surface area contributed by atoms with Crippen molar-refractivity contribution in [2.45, 2.75) is 25.9 Å². The highest BCUT2D eigenvalue weighted by atomic mass is 16.5. The van der Waals surface area contributed by atoms with Gasteiger partial charge < -0.3 is 9.47 Å². The predicted molar refractivity (Wildman–Crippen MR) is 99.0 cm³/mol. The van der Waals surface area contributed by atoms with Crippen LogP contribution in [0.3, 0.4) is 0 Å². The molecule has 1 N–H and O–H groups in total. The van der Waals surface area contributed by atoms with Gasteiger partial charge in [-0.1, -0.05) is 12.1 Å². The summed E-state index contributed by atoms with van der Waals surface area (Å²) in [6.45, 7) is 3.46. The van der Waals surface area contributed by atoms with Gasteiger partial charge in [0.1, 0.15) is 11.8 Å². The summed E-state index contributed by atoms with van der Waals surface area (Å²) in [4.78, 5) is 4.47. The highest BCUT2D eigenvalue weighted by Crippen LogP contribution is 2.35. The number of nitrogens with zero attached hydrogens (tertiary/aromatic N) is 4. The molecule has 0 aliphatic carbocycles. The van der Waals surface area contributed by atoms with E-state index in [2.05, 4.69) is 25.4 Å². The summed E-state index contributed by atoms with van der Waals surface area (Å²) in [6, 6.07) is 7.95. The molecule has 26 heavy (non-hydrogen) atoms. The fourth-order valence-corrected chi connectivity index (χ4v) is 3.16. The first kappa shape index (κ1) is 16.7. The molecule has 134 valence electrons. The molecule has 0 saturated carbocycles. The fraction of sp³-hybridized carbons (Fsp3) is 0.368. The van der Waals surface area contributed by atoms with E-state index in [0.29, 0.717) is 5.88 Å². The van der Waals surface area contributed by atoms with Crippen LogP contribution in [-0.2, 0) is 4.74 Å². The normalized spacial score (nSPS) is 15.8. The Kier molecular flexibility index (Phi) is 4.62. The average molecular weight is 351 g/mol. The lowest BCUT2D eigenvalue weighted by molar-refractivity contribution is 0.0244. The Morgan fingerprint density at radius 1 is 1.23 bits per heavy atom. The lowest BCUT2D eigenvalue weighted by Crippen LogP contribution is -2.26. The van der Waals surface area contributed by atoms with Gasteiger partial charge in [0.05, 0.1) is 29.8 Å². The van der Waals surface area contributed by atoms with Crippen molar-refractivity contribution in [1.29, 1.82) is 0 Å². The van der Waals surface area contributed by atoms with E-state index >= 15 is 0 Å². The van der Waals surface area contributed by atoms with Gasteiger partial charge in [-0.2, -0.15) is 15.3 Å². The molecule has 0 bridgehead atoms. The maximum atomic E-state index is 6.20. The van der Waals surface area contributed by atoms with E-state index in [9.17, 15) is 0 Å². The standard InChI is InChI=1S/C19H21N5O2/c1-12-3-4-13(11-16(12)22-20-2)18-17-15(23-24-18)5-8-21-19(17)26-14-6-9-25-10-7-14/h3-5,8,11,14H,6-7,9-10H2,1-2H3,(H,23,24). The van der Waals surface area contributed by atoms with Crippen LogP contribution < -0.4 is 4.74 Å². The zero-order chi connectivity index (χ0) is 17.9. The number of hydrogen-bond acceptors (Lipinski definition) is 6. The molecule has 1 fully saturated rings. The van der Waals surface area contributed by atoms with Gasteiger partial charge in [0.25, 0.3) is 0 Å². The molecule has 0 spiro atoms. The van der Waals surface area contributed by atoms with Crippen molar-refractivity contribution in [2.24, 2.45) is 10.2 Å². The number of nitrogens with one attached hydrogen (secondary N) is 1. The van der Waals surface area contributed by atoms with E-state index in [-0.39, 0.29) is 6.10 Å². The number of H-pyrrole nitrogens is 1. The van der Waals surface area contributed by atoms with Gasteiger partial charge in [0, 0.05) is 31.6 Å². The lowest BCUT2D eigenvalue weighted by Gasteiger charge is -2.23. The number of ether oxygens (including phenoxy) is 2. The highest BCUT2D eigenvalue weighted by molar-refractivity contribution is 5.96. The quantitative estimate of drug-likeness (QED) is 0.714. The Hall–Kier alpha value is -2.80. The van der Waals surface area contributed by atoms with E-state index in [1.54, 1.807) is 13.2 Å². The smallest absolute Gasteiger partial charge is 0.225 e. The number of rotatable bonds is 4. The lowest BCUT2D eigenvalue weighted by atomic mass is 10.1. The SMILES string of the molecule is CN=Nc1cc(-c2n[nH]c3ccnc(OC4CCOCC4)c23)ccc1C. The first-order chi connectivity index (χ1) is 12.8. The van der Waals surface area contributed by atoms with Gasteiger partial charge in [-0.15, -0.1) is 0 Å². The molecule has 0 atom stereocenters. The van der Waals surface area contributed by atoms with Crippen molar-refractivity contribution in [2.75, 3.05) is 20.3 Å². The Morgan fingerprint density at radius 2 is 2.08 bits per heavy atom. The second-order valence-corrected chi connectivity index (χ2v) is 6.34. The van der Waals surface area contributed by atoms with E-state index in [1.165, 1.54) is 0 Å². The second kappa shape index (κ2) is 7.21. The molecule has 3 heterocycles. The Labute approximate surface area is 151 Å².